The Labute approximate surface area is 185 Å². The summed E-state index contributed by atoms with van der Waals surface area (Å²) in [5.41, 5.74) is 1.74. The van der Waals surface area contributed by atoms with Crippen molar-refractivity contribution < 1.29 is 4.79 Å². The number of carbonyl (C=O) groups is 1. The van der Waals surface area contributed by atoms with Crippen molar-refractivity contribution in [2.75, 3.05) is 11.9 Å². The molecule has 0 atom stereocenters. The lowest BCUT2D eigenvalue weighted by molar-refractivity contribution is -0.123. The summed E-state index contributed by atoms with van der Waals surface area (Å²) in [6, 6.07) is 3.95. The highest BCUT2D eigenvalue weighted by atomic mass is 32.2. The molecule has 3 heterocycles. The highest BCUT2D eigenvalue weighted by molar-refractivity contribution is 8.26. The van der Waals surface area contributed by atoms with Crippen molar-refractivity contribution >= 4 is 51.7 Å². The molecule has 158 valence electrons. The number of aromatic nitrogens is 2. The molecule has 0 unspecified atom stereocenters. The van der Waals surface area contributed by atoms with Crippen molar-refractivity contribution in [3.05, 3.63) is 44.7 Å². The summed E-state index contributed by atoms with van der Waals surface area (Å²) in [5.74, 6) is 0.792. The number of hydrogen-bond donors (Lipinski definition) is 1. The Hall–Kier alpha value is -2.19. The van der Waals surface area contributed by atoms with Crippen LogP contribution in [0.1, 0.15) is 50.7 Å². The maximum Gasteiger partial charge on any atom is 0.267 e. The summed E-state index contributed by atoms with van der Waals surface area (Å²) in [6.45, 7) is 6.80. The average Bonchev–Trinajstić information content (AvgIpc) is 3.31. The van der Waals surface area contributed by atoms with Crippen LogP contribution in [-0.2, 0) is 4.79 Å². The van der Waals surface area contributed by atoms with Gasteiger partial charge in [0.05, 0.1) is 10.5 Å². The fraction of sp³-hybridized carbons (Fsp3) is 0.455. The van der Waals surface area contributed by atoms with Crippen molar-refractivity contribution in [1.29, 1.82) is 0 Å². The largest absolute Gasteiger partial charge is 0.369 e. The van der Waals surface area contributed by atoms with Crippen LogP contribution in [0.3, 0.4) is 0 Å². The Balaban J connectivity index is 1.79. The number of thioether (sulfide) groups is 1. The minimum Gasteiger partial charge on any atom is -0.369 e. The molecule has 1 saturated heterocycles. The molecule has 0 radical (unpaired) electrons. The molecular weight excluding hydrogens is 416 g/mol. The molecule has 1 saturated carbocycles. The van der Waals surface area contributed by atoms with Gasteiger partial charge in [-0.1, -0.05) is 56.7 Å². The standard InChI is InChI=1S/C22H26N4O2S2/c1-13(2)11-23-19-16(20(27)25-12-14(3)8-9-18(25)24-19)10-17-21(28)26(22(29)30-17)15-6-4-5-7-15/h8-10,12-13,15,23H,4-7,11H2,1-3H3/b17-10-. The molecule has 1 N–H and O–H groups in total. The number of nitrogens with zero attached hydrogens (tertiary/aromatic N) is 3. The molecule has 1 aliphatic carbocycles. The zero-order chi connectivity index (χ0) is 21.4. The zero-order valence-electron chi connectivity index (χ0n) is 17.5. The van der Waals surface area contributed by atoms with Crippen LogP contribution in [0.15, 0.2) is 28.0 Å². The van der Waals surface area contributed by atoms with E-state index in [4.69, 9.17) is 12.2 Å². The lowest BCUT2D eigenvalue weighted by Crippen LogP contribution is -2.36. The van der Waals surface area contributed by atoms with Crippen LogP contribution in [0.25, 0.3) is 11.7 Å². The van der Waals surface area contributed by atoms with Crippen LogP contribution in [0, 0.1) is 12.8 Å². The van der Waals surface area contributed by atoms with Gasteiger partial charge in [0, 0.05) is 18.8 Å². The van der Waals surface area contributed by atoms with Gasteiger partial charge in [0.1, 0.15) is 15.8 Å². The summed E-state index contributed by atoms with van der Waals surface area (Å²) in [4.78, 5) is 33.4. The minimum absolute atomic E-state index is 0.0968. The van der Waals surface area contributed by atoms with E-state index in [1.165, 1.54) is 11.8 Å². The van der Waals surface area contributed by atoms with E-state index in [0.717, 1.165) is 31.2 Å². The maximum absolute atomic E-state index is 13.3. The lowest BCUT2D eigenvalue weighted by atomic mass is 10.2. The van der Waals surface area contributed by atoms with Gasteiger partial charge in [0.15, 0.2) is 0 Å². The van der Waals surface area contributed by atoms with Crippen LogP contribution in [0.4, 0.5) is 5.82 Å². The maximum atomic E-state index is 13.3. The Kier molecular flexibility index (Phi) is 5.97. The van der Waals surface area contributed by atoms with Gasteiger partial charge in [-0.25, -0.2) is 4.98 Å². The molecule has 1 aliphatic heterocycles. The number of carbonyl (C=O) groups excluding carboxylic acids is 1. The summed E-state index contributed by atoms with van der Waals surface area (Å²) >= 11 is 6.78. The van der Waals surface area contributed by atoms with Gasteiger partial charge in [-0.2, -0.15) is 0 Å². The third kappa shape index (κ3) is 4.03. The molecule has 2 aliphatic rings. The van der Waals surface area contributed by atoms with E-state index in [2.05, 4.69) is 24.1 Å². The highest BCUT2D eigenvalue weighted by Crippen LogP contribution is 2.38. The van der Waals surface area contributed by atoms with Gasteiger partial charge in [0.2, 0.25) is 0 Å². The first-order valence-corrected chi connectivity index (χ1v) is 11.6. The van der Waals surface area contributed by atoms with Gasteiger partial charge in [-0.05, 0) is 43.4 Å². The topological polar surface area (TPSA) is 66.7 Å². The van der Waals surface area contributed by atoms with Crippen LogP contribution >= 0.6 is 24.0 Å². The lowest BCUT2D eigenvalue weighted by Gasteiger charge is -2.21. The Morgan fingerprint density at radius 1 is 1.30 bits per heavy atom. The first-order valence-electron chi connectivity index (χ1n) is 10.4. The predicted octanol–water partition coefficient (Wildman–Crippen LogP) is 4.21. The van der Waals surface area contributed by atoms with E-state index in [-0.39, 0.29) is 17.5 Å². The van der Waals surface area contributed by atoms with Crippen molar-refractivity contribution in [1.82, 2.24) is 14.3 Å². The fourth-order valence-electron chi connectivity index (χ4n) is 3.91. The number of amides is 1. The number of rotatable bonds is 5. The summed E-state index contributed by atoms with van der Waals surface area (Å²) < 4.78 is 2.12. The van der Waals surface area contributed by atoms with Crippen molar-refractivity contribution in [2.24, 2.45) is 5.92 Å². The molecule has 4 rings (SSSR count). The molecule has 2 aromatic heterocycles. The van der Waals surface area contributed by atoms with E-state index in [0.29, 0.717) is 38.7 Å². The highest BCUT2D eigenvalue weighted by Gasteiger charge is 2.38. The number of fused-ring (bicyclic) bond motifs is 1. The zero-order valence-corrected chi connectivity index (χ0v) is 19.1. The van der Waals surface area contributed by atoms with Gasteiger partial charge in [-0.15, -0.1) is 0 Å². The smallest absolute Gasteiger partial charge is 0.267 e. The molecule has 6 nitrogen and oxygen atoms in total. The number of aryl methyl sites for hydroxylation is 1. The quantitative estimate of drug-likeness (QED) is 0.553. The van der Waals surface area contributed by atoms with Gasteiger partial charge in [-0.3, -0.25) is 18.9 Å². The number of anilines is 1. The van der Waals surface area contributed by atoms with E-state index in [9.17, 15) is 9.59 Å². The predicted molar refractivity (Wildman–Crippen MR) is 127 cm³/mol. The second-order valence-electron chi connectivity index (χ2n) is 8.38. The number of pyridine rings is 1. The molecule has 2 aromatic rings. The number of thiocarbonyl (C=S) groups is 1. The van der Waals surface area contributed by atoms with E-state index in [1.54, 1.807) is 21.6 Å². The third-order valence-corrected chi connectivity index (χ3v) is 6.80. The molecular formula is C22H26N4O2S2. The van der Waals surface area contributed by atoms with E-state index >= 15 is 0 Å². The van der Waals surface area contributed by atoms with Crippen LogP contribution in [0.5, 0.6) is 0 Å². The average molecular weight is 443 g/mol. The molecule has 30 heavy (non-hydrogen) atoms. The van der Waals surface area contributed by atoms with Gasteiger partial charge < -0.3 is 5.32 Å². The minimum atomic E-state index is -0.193. The molecule has 1 amide bonds. The Morgan fingerprint density at radius 2 is 2.03 bits per heavy atom. The monoisotopic (exact) mass is 442 g/mol. The normalized spacial score (nSPS) is 19.1. The number of hydrogen-bond acceptors (Lipinski definition) is 6. The first kappa shape index (κ1) is 21.1. The van der Waals surface area contributed by atoms with E-state index < -0.39 is 0 Å². The van der Waals surface area contributed by atoms with Gasteiger partial charge >= 0.3 is 0 Å². The third-order valence-electron chi connectivity index (χ3n) is 5.47. The van der Waals surface area contributed by atoms with Crippen LogP contribution < -0.4 is 10.9 Å². The van der Waals surface area contributed by atoms with E-state index in [1.807, 2.05) is 19.1 Å². The van der Waals surface area contributed by atoms with Crippen molar-refractivity contribution in [3.63, 3.8) is 0 Å². The molecule has 8 heteroatoms. The van der Waals surface area contributed by atoms with Crippen LogP contribution in [0.2, 0.25) is 0 Å². The van der Waals surface area contributed by atoms with Crippen molar-refractivity contribution in [3.8, 4) is 0 Å². The second kappa shape index (κ2) is 8.51. The Morgan fingerprint density at radius 3 is 2.73 bits per heavy atom. The molecule has 0 bridgehead atoms. The molecule has 0 spiro atoms. The first-order chi connectivity index (χ1) is 14.3. The summed E-state index contributed by atoms with van der Waals surface area (Å²) in [6.07, 6.45) is 7.67. The molecule has 2 fully saturated rings. The number of nitrogens with one attached hydrogen (secondary N) is 1. The van der Waals surface area contributed by atoms with Crippen molar-refractivity contribution in [2.45, 2.75) is 52.5 Å². The Bertz CT molecular complexity index is 1100. The summed E-state index contributed by atoms with van der Waals surface area (Å²) in [7, 11) is 0. The fourth-order valence-corrected chi connectivity index (χ4v) is 5.29. The van der Waals surface area contributed by atoms with Crippen LogP contribution in [-0.4, -0.2) is 37.1 Å². The second-order valence-corrected chi connectivity index (χ2v) is 10.1. The SMILES string of the molecule is Cc1ccc2nc(NCC(C)C)c(/C=C3\SC(=S)N(C4CCCC4)C3=O)c(=O)n2c1. The molecule has 0 aromatic carbocycles. The van der Waals surface area contributed by atoms with Gasteiger partial charge in [0.25, 0.3) is 11.5 Å². The summed E-state index contributed by atoms with van der Waals surface area (Å²) in [5, 5.41) is 3.29.